The molecule has 2 aromatic carbocycles. The van der Waals surface area contributed by atoms with Crippen molar-refractivity contribution in [3.05, 3.63) is 71.3 Å². The van der Waals surface area contributed by atoms with E-state index in [0.29, 0.717) is 16.7 Å². The number of hydrazone groups is 1. The van der Waals surface area contributed by atoms with Gasteiger partial charge in [-0.25, -0.2) is 10.9 Å². The Bertz CT molecular complexity index is 800. The predicted molar refractivity (Wildman–Crippen MR) is 88.6 cm³/mol. The molecule has 0 fully saturated rings. The van der Waals surface area contributed by atoms with Gasteiger partial charge in [-0.1, -0.05) is 24.3 Å². The van der Waals surface area contributed by atoms with E-state index in [1.54, 1.807) is 42.5 Å². The molecule has 0 aliphatic carbocycles. The Morgan fingerprint density at radius 2 is 1.88 bits per heavy atom. The quantitative estimate of drug-likeness (QED) is 0.290. The van der Waals surface area contributed by atoms with Crippen LogP contribution in [0.2, 0.25) is 0 Å². The van der Waals surface area contributed by atoms with Crippen LogP contribution in [0.25, 0.3) is 6.08 Å². The van der Waals surface area contributed by atoms with Crippen LogP contribution in [0.5, 0.6) is 5.75 Å². The average molecular weight is 325 g/mol. The van der Waals surface area contributed by atoms with Gasteiger partial charge in [0.05, 0.1) is 6.21 Å². The number of nitrogens with zero attached hydrogens (tertiary/aromatic N) is 1. The number of rotatable bonds is 5. The summed E-state index contributed by atoms with van der Waals surface area (Å²) in [5.74, 6) is -1.05. The summed E-state index contributed by atoms with van der Waals surface area (Å²) in [7, 11) is 0. The van der Waals surface area contributed by atoms with E-state index in [4.69, 9.17) is 5.21 Å². The van der Waals surface area contributed by atoms with E-state index in [1.807, 2.05) is 0 Å². The standard InChI is InChI=1S/C17H15N3O4/c21-15-7-2-1-5-14(15)11-18-19-17(23)13-6-3-4-12(10-13)8-9-16(22)20-24/h1-11,21,24H,(H,19,23)(H,20,22). The second kappa shape index (κ2) is 8.25. The fourth-order valence-corrected chi connectivity index (χ4v) is 1.81. The van der Waals surface area contributed by atoms with Crippen molar-refractivity contribution in [3.63, 3.8) is 0 Å². The molecule has 24 heavy (non-hydrogen) atoms. The number of nitrogens with one attached hydrogen (secondary N) is 2. The molecule has 0 aliphatic rings. The van der Waals surface area contributed by atoms with E-state index in [-0.39, 0.29) is 5.75 Å². The van der Waals surface area contributed by atoms with Gasteiger partial charge in [0.2, 0.25) is 0 Å². The minimum Gasteiger partial charge on any atom is -0.507 e. The molecule has 0 atom stereocenters. The van der Waals surface area contributed by atoms with Crippen LogP contribution in [0, 0.1) is 0 Å². The van der Waals surface area contributed by atoms with Crippen molar-refractivity contribution < 1.29 is 19.9 Å². The number of hydroxylamine groups is 1. The number of para-hydroxylation sites is 1. The highest BCUT2D eigenvalue weighted by atomic mass is 16.5. The Hall–Kier alpha value is -3.45. The highest BCUT2D eigenvalue weighted by Gasteiger charge is 2.04. The van der Waals surface area contributed by atoms with Gasteiger partial charge < -0.3 is 5.11 Å². The number of amides is 2. The van der Waals surface area contributed by atoms with Crippen LogP contribution in [0.15, 0.2) is 59.7 Å². The molecule has 4 N–H and O–H groups in total. The molecular formula is C17H15N3O4. The first kappa shape index (κ1) is 16.9. The van der Waals surface area contributed by atoms with Gasteiger partial charge in [0.25, 0.3) is 11.8 Å². The number of aromatic hydroxyl groups is 1. The molecule has 0 aromatic heterocycles. The van der Waals surface area contributed by atoms with Crippen LogP contribution >= 0.6 is 0 Å². The zero-order chi connectivity index (χ0) is 17.4. The lowest BCUT2D eigenvalue weighted by atomic mass is 10.1. The number of hydrogen-bond donors (Lipinski definition) is 4. The van der Waals surface area contributed by atoms with Crippen molar-refractivity contribution in [3.8, 4) is 5.75 Å². The van der Waals surface area contributed by atoms with Gasteiger partial charge in [0, 0.05) is 17.2 Å². The summed E-state index contributed by atoms with van der Waals surface area (Å²) in [6, 6.07) is 13.1. The number of benzene rings is 2. The Kier molecular flexibility index (Phi) is 5.82. The summed E-state index contributed by atoms with van der Waals surface area (Å²) < 4.78 is 0. The lowest BCUT2D eigenvalue weighted by Crippen LogP contribution is -2.17. The highest BCUT2D eigenvalue weighted by molar-refractivity contribution is 5.96. The zero-order valence-corrected chi connectivity index (χ0v) is 12.5. The maximum absolute atomic E-state index is 12.0. The Morgan fingerprint density at radius 1 is 1.08 bits per heavy atom. The first-order valence-corrected chi connectivity index (χ1v) is 6.94. The third kappa shape index (κ3) is 4.79. The third-order valence-electron chi connectivity index (χ3n) is 2.99. The lowest BCUT2D eigenvalue weighted by molar-refractivity contribution is -0.124. The molecule has 0 saturated heterocycles. The van der Waals surface area contributed by atoms with Crippen LogP contribution in [0.1, 0.15) is 21.5 Å². The van der Waals surface area contributed by atoms with E-state index in [0.717, 1.165) is 6.08 Å². The average Bonchev–Trinajstić information content (AvgIpc) is 2.61. The molecule has 2 aromatic rings. The van der Waals surface area contributed by atoms with Crippen LogP contribution in [0.3, 0.4) is 0 Å². The van der Waals surface area contributed by atoms with Gasteiger partial charge in [-0.15, -0.1) is 0 Å². The molecule has 2 rings (SSSR count). The second-order valence-corrected chi connectivity index (χ2v) is 4.69. The van der Waals surface area contributed by atoms with Crippen LogP contribution in [0.4, 0.5) is 0 Å². The molecule has 0 saturated carbocycles. The first-order valence-electron chi connectivity index (χ1n) is 6.94. The smallest absolute Gasteiger partial charge is 0.271 e. The Balaban J connectivity index is 2.03. The van der Waals surface area contributed by atoms with Crippen molar-refractivity contribution in [2.75, 3.05) is 0 Å². The van der Waals surface area contributed by atoms with Crippen LogP contribution < -0.4 is 10.9 Å². The van der Waals surface area contributed by atoms with Crippen molar-refractivity contribution in [1.29, 1.82) is 0 Å². The van der Waals surface area contributed by atoms with Crippen LogP contribution in [-0.4, -0.2) is 28.3 Å². The van der Waals surface area contributed by atoms with Crippen molar-refractivity contribution in [2.24, 2.45) is 5.10 Å². The van der Waals surface area contributed by atoms with Gasteiger partial charge in [-0.3, -0.25) is 14.8 Å². The molecule has 0 bridgehead atoms. The summed E-state index contributed by atoms with van der Waals surface area (Å²) in [6.07, 6.45) is 3.92. The summed E-state index contributed by atoms with van der Waals surface area (Å²) >= 11 is 0. The number of carbonyl (C=O) groups excluding carboxylic acids is 2. The van der Waals surface area contributed by atoms with E-state index in [1.165, 1.54) is 23.8 Å². The number of phenols is 1. The fourth-order valence-electron chi connectivity index (χ4n) is 1.81. The van der Waals surface area contributed by atoms with Crippen LogP contribution in [-0.2, 0) is 4.79 Å². The number of carbonyl (C=O) groups is 2. The normalized spacial score (nSPS) is 10.9. The molecule has 0 spiro atoms. The van der Waals surface area contributed by atoms with Gasteiger partial charge in [0.15, 0.2) is 0 Å². The molecule has 0 unspecified atom stereocenters. The fraction of sp³-hybridized carbons (Fsp3) is 0. The highest BCUT2D eigenvalue weighted by Crippen LogP contribution is 2.12. The minimum atomic E-state index is -0.669. The summed E-state index contributed by atoms with van der Waals surface area (Å²) in [6.45, 7) is 0. The van der Waals surface area contributed by atoms with E-state index in [9.17, 15) is 14.7 Å². The van der Waals surface area contributed by atoms with E-state index in [2.05, 4.69) is 10.5 Å². The molecule has 0 aliphatic heterocycles. The summed E-state index contributed by atoms with van der Waals surface area (Å²) in [5, 5.41) is 21.8. The maximum Gasteiger partial charge on any atom is 0.271 e. The topological polar surface area (TPSA) is 111 Å². The summed E-state index contributed by atoms with van der Waals surface area (Å²) in [4.78, 5) is 23.0. The Morgan fingerprint density at radius 3 is 2.62 bits per heavy atom. The Labute approximate surface area is 137 Å². The molecule has 0 radical (unpaired) electrons. The van der Waals surface area contributed by atoms with Crippen molar-refractivity contribution >= 4 is 24.1 Å². The van der Waals surface area contributed by atoms with Crippen molar-refractivity contribution in [1.82, 2.24) is 10.9 Å². The number of phenolic OH excluding ortho intramolecular Hbond substituents is 1. The SMILES string of the molecule is O=C(C=Cc1cccc(C(=O)NN=Cc2ccccc2O)c1)NO. The molecular weight excluding hydrogens is 310 g/mol. The molecule has 2 amide bonds. The van der Waals surface area contributed by atoms with E-state index >= 15 is 0 Å². The van der Waals surface area contributed by atoms with Gasteiger partial charge >= 0.3 is 0 Å². The van der Waals surface area contributed by atoms with Gasteiger partial charge in [-0.2, -0.15) is 5.10 Å². The van der Waals surface area contributed by atoms with Crippen molar-refractivity contribution in [2.45, 2.75) is 0 Å². The molecule has 7 nitrogen and oxygen atoms in total. The predicted octanol–water partition coefficient (Wildman–Crippen LogP) is 1.67. The zero-order valence-electron chi connectivity index (χ0n) is 12.5. The second-order valence-electron chi connectivity index (χ2n) is 4.69. The monoisotopic (exact) mass is 325 g/mol. The van der Waals surface area contributed by atoms with Gasteiger partial charge in [0.1, 0.15) is 5.75 Å². The maximum atomic E-state index is 12.0. The first-order chi connectivity index (χ1) is 11.6. The largest absolute Gasteiger partial charge is 0.507 e. The molecule has 122 valence electrons. The summed E-state index contributed by atoms with van der Waals surface area (Å²) in [5.41, 5.74) is 5.26. The minimum absolute atomic E-state index is 0.0600. The lowest BCUT2D eigenvalue weighted by Gasteiger charge is -2.02. The number of hydrogen-bond acceptors (Lipinski definition) is 5. The van der Waals surface area contributed by atoms with Gasteiger partial charge in [-0.05, 0) is 35.9 Å². The molecule has 0 heterocycles. The third-order valence-corrected chi connectivity index (χ3v) is 2.99. The van der Waals surface area contributed by atoms with E-state index < -0.39 is 11.8 Å². The molecule has 7 heteroatoms.